The molecule has 1 aromatic heterocycles. The van der Waals surface area contributed by atoms with Gasteiger partial charge in [-0.25, -0.2) is 4.98 Å². The van der Waals surface area contributed by atoms with Crippen LogP contribution in [0.4, 0.5) is 17.5 Å². The zero-order chi connectivity index (χ0) is 15.2. The van der Waals surface area contributed by atoms with Crippen LogP contribution in [0.2, 0.25) is 10.2 Å². The summed E-state index contributed by atoms with van der Waals surface area (Å²) in [7, 11) is 1.61. The van der Waals surface area contributed by atoms with Crippen molar-refractivity contribution in [1.29, 1.82) is 0 Å². The molecule has 0 fully saturated rings. The minimum absolute atomic E-state index is 0.0932. The van der Waals surface area contributed by atoms with Gasteiger partial charge in [-0.2, -0.15) is 4.98 Å². The lowest BCUT2D eigenvalue weighted by Crippen LogP contribution is -2.04. The van der Waals surface area contributed by atoms with E-state index >= 15 is 0 Å². The number of nitrogens with one attached hydrogen (secondary N) is 1. The molecule has 0 spiro atoms. The van der Waals surface area contributed by atoms with Crippen molar-refractivity contribution >= 4 is 40.7 Å². The van der Waals surface area contributed by atoms with Gasteiger partial charge in [0.05, 0.1) is 11.6 Å². The molecule has 6 nitrogen and oxygen atoms in total. The summed E-state index contributed by atoms with van der Waals surface area (Å²) < 4.78 is 10.4. The second-order valence-electron chi connectivity index (χ2n) is 4.05. The molecule has 0 atom stereocenters. The minimum Gasteiger partial charge on any atom is -0.490 e. The van der Waals surface area contributed by atoms with Crippen LogP contribution in [0.3, 0.4) is 0 Å². The number of nitrogens with two attached hydrogens (primary N) is 1. The Kier molecular flexibility index (Phi) is 5.44. The summed E-state index contributed by atoms with van der Waals surface area (Å²) in [6.45, 7) is 0.927. The van der Waals surface area contributed by atoms with Gasteiger partial charge in [0.1, 0.15) is 23.3 Å². The normalized spacial score (nSPS) is 10.4. The number of benzene rings is 1. The van der Waals surface area contributed by atoms with Gasteiger partial charge in [0.2, 0.25) is 5.95 Å². The highest BCUT2D eigenvalue weighted by Crippen LogP contribution is 2.29. The van der Waals surface area contributed by atoms with Gasteiger partial charge in [0.25, 0.3) is 0 Å². The highest BCUT2D eigenvalue weighted by molar-refractivity contribution is 6.32. The lowest BCUT2D eigenvalue weighted by Gasteiger charge is -2.10. The quantitative estimate of drug-likeness (QED) is 0.626. The van der Waals surface area contributed by atoms with Crippen LogP contribution in [0.5, 0.6) is 5.75 Å². The van der Waals surface area contributed by atoms with Crippen molar-refractivity contribution in [2.45, 2.75) is 0 Å². The van der Waals surface area contributed by atoms with Crippen LogP contribution < -0.4 is 15.8 Å². The molecule has 0 aliphatic carbocycles. The maximum absolute atomic E-state index is 6.15. The Morgan fingerprint density at radius 1 is 1.19 bits per heavy atom. The van der Waals surface area contributed by atoms with Crippen molar-refractivity contribution in [3.05, 3.63) is 34.4 Å². The Balaban J connectivity index is 2.09. The summed E-state index contributed by atoms with van der Waals surface area (Å²) in [6, 6.07) is 6.84. The lowest BCUT2D eigenvalue weighted by molar-refractivity contribution is 0.146. The lowest BCUT2D eigenvalue weighted by atomic mass is 10.3. The van der Waals surface area contributed by atoms with Crippen LogP contribution >= 0.6 is 23.2 Å². The van der Waals surface area contributed by atoms with Gasteiger partial charge in [-0.3, -0.25) is 0 Å². The molecule has 21 heavy (non-hydrogen) atoms. The highest BCUT2D eigenvalue weighted by Gasteiger charge is 2.05. The van der Waals surface area contributed by atoms with Crippen LogP contribution in [0.15, 0.2) is 24.3 Å². The fourth-order valence-electron chi connectivity index (χ4n) is 1.58. The van der Waals surface area contributed by atoms with Crippen molar-refractivity contribution in [2.75, 3.05) is 31.4 Å². The molecule has 8 heteroatoms. The number of ether oxygens (including phenoxy) is 2. The van der Waals surface area contributed by atoms with E-state index in [-0.39, 0.29) is 11.1 Å². The first-order valence-electron chi connectivity index (χ1n) is 6.07. The SMILES string of the molecule is COCCOc1ccc(Nc2cc(Cl)nc(N)n2)cc1Cl. The second-order valence-corrected chi connectivity index (χ2v) is 4.84. The van der Waals surface area contributed by atoms with Crippen molar-refractivity contribution in [2.24, 2.45) is 0 Å². The van der Waals surface area contributed by atoms with Crippen LogP contribution in [0, 0.1) is 0 Å². The number of methoxy groups -OCH3 is 1. The molecule has 1 heterocycles. The Morgan fingerprint density at radius 3 is 2.67 bits per heavy atom. The largest absolute Gasteiger partial charge is 0.490 e. The van der Waals surface area contributed by atoms with E-state index in [1.165, 1.54) is 0 Å². The fourth-order valence-corrected chi connectivity index (χ4v) is 2.00. The Labute approximate surface area is 132 Å². The van der Waals surface area contributed by atoms with E-state index in [1.54, 1.807) is 31.4 Å². The number of nitrogen functional groups attached to an aromatic ring is 1. The van der Waals surface area contributed by atoms with Gasteiger partial charge >= 0.3 is 0 Å². The van der Waals surface area contributed by atoms with Crippen LogP contribution in [-0.2, 0) is 4.74 Å². The fraction of sp³-hybridized carbons (Fsp3) is 0.231. The topological polar surface area (TPSA) is 82.3 Å². The summed E-state index contributed by atoms with van der Waals surface area (Å²) in [5, 5.41) is 3.78. The summed E-state index contributed by atoms with van der Waals surface area (Å²) in [4.78, 5) is 7.81. The van der Waals surface area contributed by atoms with Gasteiger partial charge in [-0.15, -0.1) is 0 Å². The van der Waals surface area contributed by atoms with E-state index < -0.39 is 0 Å². The standard InChI is InChI=1S/C13H14Cl2N4O2/c1-20-4-5-21-10-3-2-8(6-9(10)14)17-12-7-11(15)18-13(16)19-12/h2-3,6-7H,4-5H2,1H3,(H3,16,17,18,19). The van der Waals surface area contributed by atoms with E-state index in [0.29, 0.717) is 29.8 Å². The molecule has 112 valence electrons. The van der Waals surface area contributed by atoms with Crippen molar-refractivity contribution in [3.8, 4) is 5.75 Å². The molecular weight excluding hydrogens is 315 g/mol. The van der Waals surface area contributed by atoms with Crippen molar-refractivity contribution < 1.29 is 9.47 Å². The Bertz CT molecular complexity index is 605. The molecule has 0 saturated carbocycles. The van der Waals surface area contributed by atoms with Gasteiger partial charge in [-0.1, -0.05) is 23.2 Å². The number of hydrogen-bond acceptors (Lipinski definition) is 6. The molecule has 0 amide bonds. The predicted octanol–water partition coefficient (Wildman–Crippen LogP) is 3.13. The van der Waals surface area contributed by atoms with Crippen molar-refractivity contribution in [1.82, 2.24) is 9.97 Å². The van der Waals surface area contributed by atoms with Crippen LogP contribution in [0.25, 0.3) is 0 Å². The average Bonchev–Trinajstić information content (AvgIpc) is 2.40. The minimum atomic E-state index is 0.0932. The van der Waals surface area contributed by atoms with E-state index in [2.05, 4.69) is 15.3 Å². The molecule has 2 rings (SSSR count). The molecule has 2 aromatic rings. The first kappa shape index (κ1) is 15.6. The maximum Gasteiger partial charge on any atom is 0.223 e. The number of halogens is 2. The highest BCUT2D eigenvalue weighted by atomic mass is 35.5. The zero-order valence-electron chi connectivity index (χ0n) is 11.3. The van der Waals surface area contributed by atoms with Gasteiger partial charge in [-0.05, 0) is 18.2 Å². The molecule has 0 radical (unpaired) electrons. The number of hydrogen-bond donors (Lipinski definition) is 2. The van der Waals surface area contributed by atoms with Gasteiger partial charge in [0, 0.05) is 18.9 Å². The summed E-state index contributed by atoms with van der Waals surface area (Å²) in [5.74, 6) is 1.16. The number of aromatic nitrogens is 2. The van der Waals surface area contributed by atoms with Crippen LogP contribution in [0.1, 0.15) is 0 Å². The van der Waals surface area contributed by atoms with Gasteiger partial charge in [0.15, 0.2) is 0 Å². The average molecular weight is 329 g/mol. The summed E-state index contributed by atoms with van der Waals surface area (Å²) in [5.41, 5.74) is 6.26. The molecule has 0 unspecified atom stereocenters. The smallest absolute Gasteiger partial charge is 0.223 e. The third-order valence-electron chi connectivity index (χ3n) is 2.46. The van der Waals surface area contributed by atoms with Gasteiger partial charge < -0.3 is 20.5 Å². The maximum atomic E-state index is 6.15. The number of rotatable bonds is 6. The summed E-state index contributed by atoms with van der Waals surface area (Å²) >= 11 is 12.0. The number of anilines is 3. The van der Waals surface area contributed by atoms with E-state index in [9.17, 15) is 0 Å². The molecule has 0 aliphatic rings. The number of nitrogens with zero attached hydrogens (tertiary/aromatic N) is 2. The third-order valence-corrected chi connectivity index (χ3v) is 2.95. The molecule has 3 N–H and O–H groups in total. The molecule has 1 aromatic carbocycles. The van der Waals surface area contributed by atoms with E-state index in [0.717, 1.165) is 5.69 Å². The van der Waals surface area contributed by atoms with E-state index in [4.69, 9.17) is 38.4 Å². The van der Waals surface area contributed by atoms with Crippen LogP contribution in [-0.4, -0.2) is 30.3 Å². The first-order valence-corrected chi connectivity index (χ1v) is 6.82. The van der Waals surface area contributed by atoms with Crippen molar-refractivity contribution in [3.63, 3.8) is 0 Å². The molecule has 0 bridgehead atoms. The molecular formula is C13H14Cl2N4O2. The first-order chi connectivity index (χ1) is 10.1. The molecule has 0 aliphatic heterocycles. The zero-order valence-corrected chi connectivity index (χ0v) is 12.8. The molecule has 0 saturated heterocycles. The Morgan fingerprint density at radius 2 is 2.00 bits per heavy atom. The second kappa shape index (κ2) is 7.31. The third kappa shape index (κ3) is 4.63. The predicted molar refractivity (Wildman–Crippen MR) is 83.6 cm³/mol. The Hall–Kier alpha value is -1.76. The van der Waals surface area contributed by atoms with E-state index in [1.807, 2.05) is 0 Å². The summed E-state index contributed by atoms with van der Waals surface area (Å²) in [6.07, 6.45) is 0. The monoisotopic (exact) mass is 328 g/mol.